The Balaban J connectivity index is 2.56. The summed E-state index contributed by atoms with van der Waals surface area (Å²) < 4.78 is 5.05. The standard InChI is InChI=1S/C13H12N2O3/c1-18-9-4-2-8(3-5-9)10-6-7-15-12(14)11(10)13(16)17/h2-7H,1H3,(H2,14,15)(H,16,17). The lowest BCUT2D eigenvalue weighted by molar-refractivity contribution is 0.0698. The molecule has 0 bridgehead atoms. The summed E-state index contributed by atoms with van der Waals surface area (Å²) in [7, 11) is 1.57. The van der Waals surface area contributed by atoms with Crippen molar-refractivity contribution in [1.82, 2.24) is 4.98 Å². The van der Waals surface area contributed by atoms with Crippen molar-refractivity contribution in [1.29, 1.82) is 0 Å². The summed E-state index contributed by atoms with van der Waals surface area (Å²) in [6, 6.07) is 8.71. The highest BCUT2D eigenvalue weighted by molar-refractivity contribution is 6.00. The van der Waals surface area contributed by atoms with Gasteiger partial charge in [-0.25, -0.2) is 9.78 Å². The van der Waals surface area contributed by atoms with Crippen LogP contribution in [0, 0.1) is 0 Å². The van der Waals surface area contributed by atoms with Gasteiger partial charge in [0.15, 0.2) is 0 Å². The third kappa shape index (κ3) is 2.10. The van der Waals surface area contributed by atoms with Crippen molar-refractivity contribution in [3.8, 4) is 16.9 Å². The van der Waals surface area contributed by atoms with E-state index in [0.717, 1.165) is 5.56 Å². The Labute approximate surface area is 104 Å². The molecule has 2 rings (SSSR count). The molecule has 0 atom stereocenters. The number of carbonyl (C=O) groups is 1. The summed E-state index contributed by atoms with van der Waals surface area (Å²) in [6.07, 6.45) is 1.49. The van der Waals surface area contributed by atoms with Crippen molar-refractivity contribution in [2.75, 3.05) is 12.8 Å². The second-order valence-electron chi connectivity index (χ2n) is 3.65. The Hall–Kier alpha value is -2.56. The molecule has 1 heterocycles. The SMILES string of the molecule is COc1ccc(-c2ccnc(N)c2C(=O)O)cc1. The average molecular weight is 244 g/mol. The quantitative estimate of drug-likeness (QED) is 0.862. The number of aromatic nitrogens is 1. The summed E-state index contributed by atoms with van der Waals surface area (Å²) in [6.45, 7) is 0. The molecule has 5 nitrogen and oxygen atoms in total. The first-order valence-corrected chi connectivity index (χ1v) is 5.25. The van der Waals surface area contributed by atoms with Crippen LogP contribution in [0.4, 0.5) is 5.82 Å². The highest BCUT2D eigenvalue weighted by Gasteiger charge is 2.15. The van der Waals surface area contributed by atoms with Gasteiger partial charge in [0.25, 0.3) is 0 Å². The summed E-state index contributed by atoms with van der Waals surface area (Å²) in [4.78, 5) is 15.0. The van der Waals surface area contributed by atoms with E-state index in [2.05, 4.69) is 4.98 Å². The maximum atomic E-state index is 11.2. The van der Waals surface area contributed by atoms with Crippen LogP contribution in [0.5, 0.6) is 5.75 Å². The van der Waals surface area contributed by atoms with E-state index in [-0.39, 0.29) is 11.4 Å². The molecule has 0 aliphatic heterocycles. The normalized spacial score (nSPS) is 10.1. The van der Waals surface area contributed by atoms with Crippen LogP contribution in [0.2, 0.25) is 0 Å². The van der Waals surface area contributed by atoms with Gasteiger partial charge in [-0.05, 0) is 23.8 Å². The highest BCUT2D eigenvalue weighted by atomic mass is 16.5. The number of rotatable bonds is 3. The average Bonchev–Trinajstić information content (AvgIpc) is 2.38. The van der Waals surface area contributed by atoms with Crippen LogP contribution >= 0.6 is 0 Å². The number of methoxy groups -OCH3 is 1. The molecule has 0 spiro atoms. The van der Waals surface area contributed by atoms with Gasteiger partial charge in [-0.1, -0.05) is 12.1 Å². The van der Waals surface area contributed by atoms with E-state index in [4.69, 9.17) is 15.6 Å². The third-order valence-corrected chi connectivity index (χ3v) is 2.60. The molecule has 0 saturated carbocycles. The number of nitrogens with zero attached hydrogens (tertiary/aromatic N) is 1. The van der Waals surface area contributed by atoms with Crippen molar-refractivity contribution in [2.45, 2.75) is 0 Å². The summed E-state index contributed by atoms with van der Waals surface area (Å²) in [5.41, 5.74) is 6.91. The molecule has 1 aromatic carbocycles. The molecule has 0 saturated heterocycles. The second-order valence-corrected chi connectivity index (χ2v) is 3.65. The van der Waals surface area contributed by atoms with Gasteiger partial charge in [0.2, 0.25) is 0 Å². The van der Waals surface area contributed by atoms with E-state index in [0.29, 0.717) is 11.3 Å². The predicted molar refractivity (Wildman–Crippen MR) is 67.6 cm³/mol. The first-order valence-electron chi connectivity index (χ1n) is 5.25. The van der Waals surface area contributed by atoms with Crippen LogP contribution in [0.3, 0.4) is 0 Å². The molecule has 5 heteroatoms. The monoisotopic (exact) mass is 244 g/mol. The smallest absolute Gasteiger partial charge is 0.340 e. The van der Waals surface area contributed by atoms with E-state index < -0.39 is 5.97 Å². The fourth-order valence-corrected chi connectivity index (χ4v) is 1.71. The second kappa shape index (κ2) is 4.75. The zero-order chi connectivity index (χ0) is 13.1. The molecule has 1 aromatic heterocycles. The van der Waals surface area contributed by atoms with Crippen molar-refractivity contribution < 1.29 is 14.6 Å². The van der Waals surface area contributed by atoms with Crippen LogP contribution in [0.15, 0.2) is 36.5 Å². The number of anilines is 1. The van der Waals surface area contributed by atoms with Gasteiger partial charge in [0.05, 0.1) is 7.11 Å². The Bertz CT molecular complexity index is 579. The van der Waals surface area contributed by atoms with Crippen molar-refractivity contribution in [3.63, 3.8) is 0 Å². The number of pyridine rings is 1. The zero-order valence-corrected chi connectivity index (χ0v) is 9.75. The minimum Gasteiger partial charge on any atom is -0.497 e. The lowest BCUT2D eigenvalue weighted by atomic mass is 10.0. The van der Waals surface area contributed by atoms with E-state index >= 15 is 0 Å². The largest absolute Gasteiger partial charge is 0.497 e. The first kappa shape index (κ1) is 11.9. The first-order chi connectivity index (χ1) is 8.63. The van der Waals surface area contributed by atoms with Gasteiger partial charge in [-0.15, -0.1) is 0 Å². The number of carboxylic acids is 1. The lowest BCUT2D eigenvalue weighted by Crippen LogP contribution is -2.06. The zero-order valence-electron chi connectivity index (χ0n) is 9.75. The van der Waals surface area contributed by atoms with Crippen LogP contribution in [0.1, 0.15) is 10.4 Å². The number of ether oxygens (including phenoxy) is 1. The molecule has 0 amide bonds. The minimum absolute atomic E-state index is 0.0100. The molecule has 0 aliphatic carbocycles. The Morgan fingerprint density at radius 3 is 2.50 bits per heavy atom. The van der Waals surface area contributed by atoms with Crippen LogP contribution < -0.4 is 10.5 Å². The molecule has 92 valence electrons. The van der Waals surface area contributed by atoms with Gasteiger partial charge in [-0.2, -0.15) is 0 Å². The summed E-state index contributed by atoms with van der Waals surface area (Å²) in [5.74, 6) is -0.375. The molecule has 3 N–H and O–H groups in total. The Kier molecular flexibility index (Phi) is 3.14. The fraction of sp³-hybridized carbons (Fsp3) is 0.0769. The van der Waals surface area contributed by atoms with Gasteiger partial charge in [0, 0.05) is 11.8 Å². The minimum atomic E-state index is -1.09. The van der Waals surface area contributed by atoms with E-state index in [9.17, 15) is 4.79 Å². The van der Waals surface area contributed by atoms with Crippen molar-refractivity contribution in [3.05, 3.63) is 42.1 Å². The molecule has 0 fully saturated rings. The summed E-state index contributed by atoms with van der Waals surface area (Å²) in [5, 5.41) is 9.16. The van der Waals surface area contributed by atoms with Crippen molar-refractivity contribution >= 4 is 11.8 Å². The number of aromatic carboxylic acids is 1. The molecule has 0 unspecified atom stereocenters. The van der Waals surface area contributed by atoms with Crippen molar-refractivity contribution in [2.24, 2.45) is 0 Å². The topological polar surface area (TPSA) is 85.4 Å². The molecule has 0 radical (unpaired) electrons. The van der Waals surface area contributed by atoms with Gasteiger partial charge < -0.3 is 15.6 Å². The van der Waals surface area contributed by atoms with E-state index in [1.54, 1.807) is 37.4 Å². The number of hydrogen-bond acceptors (Lipinski definition) is 4. The molecule has 18 heavy (non-hydrogen) atoms. The fourth-order valence-electron chi connectivity index (χ4n) is 1.71. The van der Waals surface area contributed by atoms with E-state index in [1.165, 1.54) is 6.20 Å². The third-order valence-electron chi connectivity index (χ3n) is 2.60. The molecule has 2 aromatic rings. The molecular formula is C13H12N2O3. The molecular weight excluding hydrogens is 232 g/mol. The number of carboxylic acid groups (broad SMARTS) is 1. The number of benzene rings is 1. The van der Waals surface area contributed by atoms with Crippen LogP contribution in [-0.2, 0) is 0 Å². The van der Waals surface area contributed by atoms with Crippen LogP contribution in [0.25, 0.3) is 11.1 Å². The van der Waals surface area contributed by atoms with Gasteiger partial charge in [-0.3, -0.25) is 0 Å². The maximum absolute atomic E-state index is 11.2. The summed E-state index contributed by atoms with van der Waals surface area (Å²) >= 11 is 0. The van der Waals surface area contributed by atoms with Gasteiger partial charge >= 0.3 is 5.97 Å². The number of hydrogen-bond donors (Lipinski definition) is 2. The van der Waals surface area contributed by atoms with Crippen LogP contribution in [-0.4, -0.2) is 23.2 Å². The highest BCUT2D eigenvalue weighted by Crippen LogP contribution is 2.27. The number of nitrogens with two attached hydrogens (primary N) is 1. The van der Waals surface area contributed by atoms with E-state index in [1.807, 2.05) is 0 Å². The lowest BCUT2D eigenvalue weighted by Gasteiger charge is -2.08. The Morgan fingerprint density at radius 2 is 1.94 bits per heavy atom. The number of nitrogen functional groups attached to an aromatic ring is 1. The maximum Gasteiger partial charge on any atom is 0.340 e. The van der Waals surface area contributed by atoms with Gasteiger partial charge in [0.1, 0.15) is 17.1 Å². The molecule has 0 aliphatic rings. The Morgan fingerprint density at radius 1 is 1.28 bits per heavy atom. The predicted octanol–water partition coefficient (Wildman–Crippen LogP) is 2.04.